The topological polar surface area (TPSA) is 20.2 Å². The standard InChI is InChI=1S/C13H12O/c14-13-8-11-4-2-1-3-10(11)7-12(13)9-5-6-9/h1-4,7-9,14H,5-6H2. The van der Waals surface area contributed by atoms with E-state index in [4.69, 9.17) is 0 Å². The number of fused-ring (bicyclic) bond motifs is 1. The van der Waals surface area contributed by atoms with Gasteiger partial charge in [-0.25, -0.2) is 0 Å². The summed E-state index contributed by atoms with van der Waals surface area (Å²) in [5, 5.41) is 12.2. The van der Waals surface area contributed by atoms with Crippen molar-refractivity contribution in [3.8, 4) is 5.75 Å². The summed E-state index contributed by atoms with van der Waals surface area (Å²) in [6, 6.07) is 12.2. The third-order valence-electron chi connectivity index (χ3n) is 2.91. The van der Waals surface area contributed by atoms with Gasteiger partial charge in [-0.05, 0) is 47.2 Å². The molecular formula is C13H12O. The van der Waals surface area contributed by atoms with Gasteiger partial charge in [0.2, 0.25) is 0 Å². The SMILES string of the molecule is Oc1cc2ccccc2cc1C1CC1. The van der Waals surface area contributed by atoms with E-state index in [0.29, 0.717) is 11.7 Å². The lowest BCUT2D eigenvalue weighted by Gasteiger charge is -2.05. The van der Waals surface area contributed by atoms with E-state index in [9.17, 15) is 5.11 Å². The van der Waals surface area contributed by atoms with Crippen molar-refractivity contribution >= 4 is 10.8 Å². The van der Waals surface area contributed by atoms with Gasteiger partial charge in [0.15, 0.2) is 0 Å². The predicted molar refractivity (Wildman–Crippen MR) is 57.6 cm³/mol. The monoisotopic (exact) mass is 184 g/mol. The molecule has 2 aromatic carbocycles. The van der Waals surface area contributed by atoms with E-state index < -0.39 is 0 Å². The van der Waals surface area contributed by atoms with Crippen molar-refractivity contribution < 1.29 is 5.11 Å². The molecule has 0 heterocycles. The van der Waals surface area contributed by atoms with E-state index in [1.807, 2.05) is 24.3 Å². The van der Waals surface area contributed by atoms with Crippen molar-refractivity contribution in [1.29, 1.82) is 0 Å². The summed E-state index contributed by atoms with van der Waals surface area (Å²) < 4.78 is 0. The molecule has 0 saturated heterocycles. The normalized spacial score (nSPS) is 16.0. The Bertz CT molecular complexity index is 484. The van der Waals surface area contributed by atoms with Crippen molar-refractivity contribution in [2.75, 3.05) is 0 Å². The minimum absolute atomic E-state index is 0.464. The second-order valence-corrected chi connectivity index (χ2v) is 4.03. The number of aromatic hydroxyl groups is 1. The van der Waals surface area contributed by atoms with Crippen LogP contribution in [0.15, 0.2) is 36.4 Å². The Labute approximate surface area is 83.0 Å². The fourth-order valence-electron chi connectivity index (χ4n) is 1.97. The molecule has 1 N–H and O–H groups in total. The van der Waals surface area contributed by atoms with Crippen molar-refractivity contribution in [3.05, 3.63) is 42.0 Å². The van der Waals surface area contributed by atoms with Crippen LogP contribution in [0.4, 0.5) is 0 Å². The van der Waals surface area contributed by atoms with E-state index in [-0.39, 0.29) is 0 Å². The van der Waals surface area contributed by atoms with Crippen molar-refractivity contribution in [2.45, 2.75) is 18.8 Å². The van der Waals surface area contributed by atoms with Gasteiger partial charge in [-0.1, -0.05) is 24.3 Å². The van der Waals surface area contributed by atoms with Gasteiger partial charge in [0, 0.05) is 0 Å². The first kappa shape index (κ1) is 7.86. The molecule has 14 heavy (non-hydrogen) atoms. The minimum atomic E-state index is 0.464. The highest BCUT2D eigenvalue weighted by molar-refractivity contribution is 5.85. The van der Waals surface area contributed by atoms with Gasteiger partial charge in [0.05, 0.1) is 0 Å². The van der Waals surface area contributed by atoms with Crippen LogP contribution >= 0.6 is 0 Å². The van der Waals surface area contributed by atoms with Crippen LogP contribution in [0.25, 0.3) is 10.8 Å². The second-order valence-electron chi connectivity index (χ2n) is 4.03. The summed E-state index contributed by atoms with van der Waals surface area (Å²) in [6.45, 7) is 0. The molecule has 1 nitrogen and oxygen atoms in total. The maximum absolute atomic E-state index is 9.82. The predicted octanol–water partition coefficient (Wildman–Crippen LogP) is 3.42. The Hall–Kier alpha value is -1.50. The number of hydrogen-bond donors (Lipinski definition) is 1. The summed E-state index contributed by atoms with van der Waals surface area (Å²) in [6.07, 6.45) is 2.46. The summed E-state index contributed by atoms with van der Waals surface area (Å²) in [5.74, 6) is 1.07. The lowest BCUT2D eigenvalue weighted by Crippen LogP contribution is -1.81. The van der Waals surface area contributed by atoms with Crippen LogP contribution < -0.4 is 0 Å². The Kier molecular flexibility index (Phi) is 1.54. The van der Waals surface area contributed by atoms with Crippen LogP contribution in [-0.4, -0.2) is 5.11 Å². The number of hydrogen-bond acceptors (Lipinski definition) is 1. The van der Waals surface area contributed by atoms with Crippen LogP contribution in [0.5, 0.6) is 5.75 Å². The fraction of sp³-hybridized carbons (Fsp3) is 0.231. The molecule has 1 aliphatic rings. The average Bonchev–Trinajstić information content (AvgIpc) is 3.00. The summed E-state index contributed by atoms with van der Waals surface area (Å²) >= 11 is 0. The van der Waals surface area contributed by atoms with E-state index in [1.165, 1.54) is 18.2 Å². The van der Waals surface area contributed by atoms with Crippen molar-refractivity contribution in [1.82, 2.24) is 0 Å². The largest absolute Gasteiger partial charge is 0.508 e. The molecule has 0 radical (unpaired) electrons. The Morgan fingerprint density at radius 1 is 1.00 bits per heavy atom. The molecule has 1 saturated carbocycles. The summed E-state index contributed by atoms with van der Waals surface area (Å²) in [4.78, 5) is 0. The van der Waals surface area contributed by atoms with Crippen LogP contribution in [0.3, 0.4) is 0 Å². The molecule has 2 aromatic rings. The third kappa shape index (κ3) is 1.17. The number of phenols is 1. The Balaban J connectivity index is 2.26. The highest BCUT2D eigenvalue weighted by Crippen LogP contribution is 2.45. The lowest BCUT2D eigenvalue weighted by atomic mass is 10.0. The zero-order chi connectivity index (χ0) is 9.54. The molecule has 0 spiro atoms. The fourth-order valence-corrected chi connectivity index (χ4v) is 1.97. The molecule has 0 amide bonds. The zero-order valence-electron chi connectivity index (χ0n) is 7.90. The number of phenolic OH excluding ortho intramolecular Hbond substituents is 1. The van der Waals surface area contributed by atoms with Gasteiger partial charge in [-0.2, -0.15) is 0 Å². The van der Waals surface area contributed by atoms with E-state index in [1.54, 1.807) is 0 Å². The molecule has 0 atom stereocenters. The molecule has 0 unspecified atom stereocenters. The van der Waals surface area contributed by atoms with Gasteiger partial charge in [-0.15, -0.1) is 0 Å². The van der Waals surface area contributed by atoms with Crippen molar-refractivity contribution in [2.24, 2.45) is 0 Å². The first-order chi connectivity index (χ1) is 6.84. The van der Waals surface area contributed by atoms with Crippen LogP contribution in [0.2, 0.25) is 0 Å². The maximum atomic E-state index is 9.82. The highest BCUT2D eigenvalue weighted by Gasteiger charge is 2.26. The second kappa shape index (κ2) is 2.74. The average molecular weight is 184 g/mol. The molecule has 1 fully saturated rings. The van der Waals surface area contributed by atoms with E-state index in [0.717, 1.165) is 10.9 Å². The first-order valence-electron chi connectivity index (χ1n) is 5.06. The van der Waals surface area contributed by atoms with E-state index in [2.05, 4.69) is 12.1 Å². The molecule has 0 bridgehead atoms. The smallest absolute Gasteiger partial charge is 0.119 e. The van der Waals surface area contributed by atoms with Gasteiger partial charge in [-0.3, -0.25) is 0 Å². The maximum Gasteiger partial charge on any atom is 0.119 e. The Morgan fingerprint density at radius 3 is 2.29 bits per heavy atom. The molecule has 1 heteroatoms. The molecule has 3 rings (SSSR count). The molecule has 70 valence electrons. The molecular weight excluding hydrogens is 172 g/mol. The first-order valence-corrected chi connectivity index (χ1v) is 5.06. The molecule has 1 aliphatic carbocycles. The van der Waals surface area contributed by atoms with Gasteiger partial charge in [0.1, 0.15) is 5.75 Å². The number of benzene rings is 2. The highest BCUT2D eigenvalue weighted by atomic mass is 16.3. The lowest BCUT2D eigenvalue weighted by molar-refractivity contribution is 0.469. The van der Waals surface area contributed by atoms with Gasteiger partial charge < -0.3 is 5.11 Å². The van der Waals surface area contributed by atoms with Gasteiger partial charge in [0.25, 0.3) is 0 Å². The van der Waals surface area contributed by atoms with Crippen molar-refractivity contribution in [3.63, 3.8) is 0 Å². The number of rotatable bonds is 1. The van der Waals surface area contributed by atoms with E-state index >= 15 is 0 Å². The third-order valence-corrected chi connectivity index (χ3v) is 2.91. The van der Waals surface area contributed by atoms with Crippen LogP contribution in [-0.2, 0) is 0 Å². The minimum Gasteiger partial charge on any atom is -0.508 e. The quantitative estimate of drug-likeness (QED) is 0.720. The molecule has 0 aliphatic heterocycles. The molecule has 0 aromatic heterocycles. The van der Waals surface area contributed by atoms with Crippen LogP contribution in [0, 0.1) is 0 Å². The summed E-state index contributed by atoms with van der Waals surface area (Å²) in [7, 11) is 0. The summed E-state index contributed by atoms with van der Waals surface area (Å²) in [5.41, 5.74) is 1.13. The van der Waals surface area contributed by atoms with Crippen LogP contribution in [0.1, 0.15) is 24.3 Å². The Morgan fingerprint density at radius 2 is 1.64 bits per heavy atom. The zero-order valence-corrected chi connectivity index (χ0v) is 7.90. The van der Waals surface area contributed by atoms with Gasteiger partial charge >= 0.3 is 0 Å².